The Hall–Kier alpha value is 5.57. The third-order valence-electron chi connectivity index (χ3n) is 0.197. The van der Waals surface area contributed by atoms with Gasteiger partial charge in [-0.05, 0) is 0 Å². The summed E-state index contributed by atoms with van der Waals surface area (Å²) in [6.45, 7) is 0. The van der Waals surface area contributed by atoms with Gasteiger partial charge in [-0.15, -0.1) is 0 Å². The molecule has 0 aromatic heterocycles. The number of hydrogen-bond donors (Lipinski definition) is 3. The molecule has 6 nitrogen and oxygen atoms in total. The van der Waals surface area contributed by atoms with Crippen LogP contribution < -0.4 is 0 Å². The molecule has 0 rings (SSSR count). The second-order valence-electron chi connectivity index (χ2n) is 0.848. The standard InChI is InChI=1S/2K.2Na.H4O6P2.4H/c;;;;1-7(2)6-8(3,4)5;;;;/h;;;;7H,(H,1,2)(H2,3,4,5);;;;. The zero-order chi connectivity index (χ0) is 6.78. The van der Waals surface area contributed by atoms with E-state index in [1.165, 1.54) is 0 Å². The number of rotatable bonds is 2. The first-order valence-electron chi connectivity index (χ1n) is 1.40. The Morgan fingerprint density at radius 1 is 1.17 bits per heavy atom. The average Bonchev–Trinajstić information content (AvgIpc) is 1.21. The molecule has 0 saturated heterocycles. The molecular weight excluding hydrogens is 282 g/mol. The third kappa shape index (κ3) is 29.6. The van der Waals surface area contributed by atoms with Crippen LogP contribution in [0.5, 0.6) is 0 Å². The molecule has 0 spiro atoms. The molecule has 3 N–H and O–H groups in total. The summed E-state index contributed by atoms with van der Waals surface area (Å²) < 4.78 is 22.3. The van der Waals surface area contributed by atoms with Crippen molar-refractivity contribution in [2.24, 2.45) is 0 Å². The molecule has 0 fully saturated rings. The summed E-state index contributed by atoms with van der Waals surface area (Å²) in [5.41, 5.74) is 0. The van der Waals surface area contributed by atoms with Crippen molar-refractivity contribution in [3.8, 4) is 0 Å². The van der Waals surface area contributed by atoms with E-state index < -0.39 is 16.1 Å². The van der Waals surface area contributed by atoms with Crippen molar-refractivity contribution in [3.05, 3.63) is 0 Å². The molecule has 0 aliphatic rings. The molecule has 0 radical (unpaired) electrons. The first-order valence-corrected chi connectivity index (χ1v) is 4.19. The van der Waals surface area contributed by atoms with E-state index in [0.717, 1.165) is 0 Å². The molecule has 0 aromatic rings. The molecule has 0 heterocycles. The van der Waals surface area contributed by atoms with Crippen molar-refractivity contribution in [1.82, 2.24) is 0 Å². The predicted octanol–water partition coefficient (Wildman–Crippen LogP) is -3.12. The van der Waals surface area contributed by atoms with Gasteiger partial charge in [-0.2, -0.15) is 0 Å². The summed E-state index contributed by atoms with van der Waals surface area (Å²) in [7, 11) is -8.24. The van der Waals surface area contributed by atoms with E-state index in [-0.39, 0.29) is 162 Å². The van der Waals surface area contributed by atoms with Crippen molar-refractivity contribution >= 4 is 178 Å². The second kappa shape index (κ2) is 16.6. The van der Waals surface area contributed by atoms with Gasteiger partial charge in [0.2, 0.25) is 0 Å². The van der Waals surface area contributed by atoms with Crippen LogP contribution in [0.1, 0.15) is 0 Å². The quantitative estimate of drug-likeness (QED) is 0.367. The van der Waals surface area contributed by atoms with Crippen LogP contribution in [0.15, 0.2) is 0 Å². The molecule has 1 unspecified atom stereocenters. The fraction of sp³-hybridized carbons (Fsp3) is 0. The summed E-state index contributed by atoms with van der Waals surface area (Å²) in [4.78, 5) is 23.2. The van der Waals surface area contributed by atoms with Crippen LogP contribution in [-0.2, 0) is 13.4 Å². The van der Waals surface area contributed by atoms with E-state index in [9.17, 15) is 9.13 Å². The SMILES string of the molecule is O=[PH](O)OP(=O)(O)O.[KH].[KH].[NaH].[NaH]. The van der Waals surface area contributed by atoms with Crippen LogP contribution in [0.25, 0.3) is 0 Å². The number of hydrogen-bond acceptors (Lipinski definition) is 3. The average molecular weight is 290 g/mol. The molecule has 0 saturated carbocycles. The molecular formula is H8K2Na2O6P2. The topological polar surface area (TPSA) is 104 Å². The summed E-state index contributed by atoms with van der Waals surface area (Å²) >= 11 is 0. The van der Waals surface area contributed by atoms with E-state index in [1.54, 1.807) is 0 Å². The molecule has 0 amide bonds. The Morgan fingerprint density at radius 2 is 1.42 bits per heavy atom. The summed E-state index contributed by atoms with van der Waals surface area (Å²) in [5.74, 6) is 0. The van der Waals surface area contributed by atoms with Crippen LogP contribution in [0.3, 0.4) is 0 Å². The van der Waals surface area contributed by atoms with Gasteiger partial charge in [-0.3, -0.25) is 4.57 Å². The minimum absolute atomic E-state index is 0. The maximum absolute atomic E-state index is 9.58. The van der Waals surface area contributed by atoms with Gasteiger partial charge in [0, 0.05) is 0 Å². The van der Waals surface area contributed by atoms with Crippen molar-refractivity contribution in [2.45, 2.75) is 0 Å². The molecule has 0 bridgehead atoms. The van der Waals surface area contributed by atoms with E-state index >= 15 is 0 Å². The Balaban J connectivity index is -0.0000000408. The van der Waals surface area contributed by atoms with Gasteiger partial charge in [0.05, 0.1) is 0 Å². The van der Waals surface area contributed by atoms with Crippen molar-refractivity contribution in [2.75, 3.05) is 0 Å². The molecule has 58 valence electrons. The molecule has 0 aliphatic carbocycles. The molecule has 12 heavy (non-hydrogen) atoms. The first-order chi connectivity index (χ1) is 3.42. The van der Waals surface area contributed by atoms with Gasteiger partial charge < -0.3 is 14.7 Å². The van der Waals surface area contributed by atoms with Gasteiger partial charge in [-0.25, -0.2) is 8.88 Å². The van der Waals surface area contributed by atoms with Crippen molar-refractivity contribution in [3.63, 3.8) is 0 Å². The second-order valence-corrected chi connectivity index (χ2v) is 3.09. The Bertz CT molecular complexity index is 144. The molecule has 0 aliphatic heterocycles. The van der Waals surface area contributed by atoms with E-state index in [0.29, 0.717) is 0 Å². The van der Waals surface area contributed by atoms with Gasteiger partial charge in [-0.1, -0.05) is 0 Å². The van der Waals surface area contributed by atoms with Gasteiger partial charge in [0.1, 0.15) is 0 Å². The summed E-state index contributed by atoms with van der Waals surface area (Å²) in [6, 6.07) is 0. The van der Waals surface area contributed by atoms with Crippen LogP contribution in [0.4, 0.5) is 0 Å². The van der Waals surface area contributed by atoms with Crippen LogP contribution in [-0.4, -0.2) is 177 Å². The van der Waals surface area contributed by atoms with Crippen LogP contribution in [0, 0.1) is 0 Å². The summed E-state index contributed by atoms with van der Waals surface area (Å²) in [6.07, 6.45) is 0. The molecule has 12 heteroatoms. The van der Waals surface area contributed by atoms with Crippen molar-refractivity contribution in [1.29, 1.82) is 0 Å². The summed E-state index contributed by atoms with van der Waals surface area (Å²) in [5, 5.41) is 0. The predicted molar refractivity (Wildman–Crippen MR) is 52.9 cm³/mol. The first kappa shape index (κ1) is 30.5. The third-order valence-corrected chi connectivity index (χ3v) is 1.77. The molecule has 1 atom stereocenters. The fourth-order valence-electron chi connectivity index (χ4n) is 0.102. The van der Waals surface area contributed by atoms with Gasteiger partial charge in [0.25, 0.3) is 0 Å². The maximum atomic E-state index is 9.58. The van der Waals surface area contributed by atoms with Crippen molar-refractivity contribution < 1.29 is 28.1 Å². The molecule has 0 aromatic carbocycles. The minimum atomic E-state index is -4.74. The monoisotopic (exact) mass is 290 g/mol. The Labute approximate surface area is 200 Å². The van der Waals surface area contributed by atoms with Gasteiger partial charge in [0.15, 0.2) is 0 Å². The Kier molecular flexibility index (Phi) is 42.2. The van der Waals surface area contributed by atoms with E-state index in [2.05, 4.69) is 4.31 Å². The van der Waals surface area contributed by atoms with Crippen LogP contribution >= 0.6 is 16.1 Å². The fourth-order valence-corrected chi connectivity index (χ4v) is 0.916. The van der Waals surface area contributed by atoms with E-state index in [1.807, 2.05) is 0 Å². The normalized spacial score (nSPS) is 10.6. The van der Waals surface area contributed by atoms with Gasteiger partial charge >= 0.3 is 178 Å². The zero-order valence-corrected chi connectivity index (χ0v) is 5.41. The number of phosphoric acid groups is 1. The zero-order valence-electron chi connectivity index (χ0n) is 3.51. The van der Waals surface area contributed by atoms with E-state index in [4.69, 9.17) is 14.7 Å². The Morgan fingerprint density at radius 3 is 1.42 bits per heavy atom. The van der Waals surface area contributed by atoms with Crippen LogP contribution in [0.2, 0.25) is 0 Å².